The van der Waals surface area contributed by atoms with Crippen LogP contribution in [0.4, 0.5) is 5.69 Å². The molecule has 0 bridgehead atoms. The zero-order valence-corrected chi connectivity index (χ0v) is 14.1. The second-order valence-corrected chi connectivity index (χ2v) is 6.32. The molecule has 0 saturated carbocycles. The van der Waals surface area contributed by atoms with Crippen molar-refractivity contribution in [2.24, 2.45) is 0 Å². The average Bonchev–Trinajstić information content (AvgIpc) is 2.57. The van der Waals surface area contributed by atoms with Crippen LogP contribution in [-0.4, -0.2) is 36.1 Å². The van der Waals surface area contributed by atoms with Crippen LogP contribution in [0.2, 0.25) is 10.0 Å². The van der Waals surface area contributed by atoms with Gasteiger partial charge in [0.1, 0.15) is 6.07 Å². The van der Waals surface area contributed by atoms with Gasteiger partial charge in [-0.2, -0.15) is 5.26 Å². The SMILES string of the molecule is N#Cc1cccc(Cl)c1N1CCN(Cc2ccc(Cl)cn2)CC1. The van der Waals surface area contributed by atoms with Crippen molar-refractivity contribution in [2.75, 3.05) is 31.1 Å². The second-order valence-electron chi connectivity index (χ2n) is 5.48. The molecule has 3 rings (SSSR count). The molecule has 1 fully saturated rings. The minimum atomic E-state index is 0.630. The molecule has 2 aromatic rings. The van der Waals surface area contributed by atoms with Crippen molar-refractivity contribution in [2.45, 2.75) is 6.54 Å². The molecule has 1 aromatic carbocycles. The number of pyridine rings is 1. The minimum absolute atomic E-state index is 0.630. The predicted molar refractivity (Wildman–Crippen MR) is 92.9 cm³/mol. The fourth-order valence-electron chi connectivity index (χ4n) is 2.79. The molecule has 6 heteroatoms. The number of benzene rings is 1. The Morgan fingerprint density at radius 3 is 2.52 bits per heavy atom. The van der Waals surface area contributed by atoms with Crippen LogP contribution in [0.3, 0.4) is 0 Å². The van der Waals surface area contributed by atoms with E-state index >= 15 is 0 Å². The second kappa shape index (κ2) is 7.18. The minimum Gasteiger partial charge on any atom is -0.367 e. The van der Waals surface area contributed by atoms with E-state index in [2.05, 4.69) is 20.9 Å². The molecule has 0 aliphatic carbocycles. The van der Waals surface area contributed by atoms with E-state index in [1.807, 2.05) is 30.3 Å². The maximum absolute atomic E-state index is 9.28. The van der Waals surface area contributed by atoms with Crippen LogP contribution in [0.15, 0.2) is 36.5 Å². The molecule has 1 aromatic heterocycles. The molecule has 0 amide bonds. The number of para-hydroxylation sites is 1. The van der Waals surface area contributed by atoms with Gasteiger partial charge in [-0.1, -0.05) is 29.3 Å². The maximum Gasteiger partial charge on any atom is 0.101 e. The third-order valence-corrected chi connectivity index (χ3v) is 4.50. The lowest BCUT2D eigenvalue weighted by Gasteiger charge is -2.36. The van der Waals surface area contributed by atoms with Crippen molar-refractivity contribution >= 4 is 28.9 Å². The maximum atomic E-state index is 9.28. The van der Waals surface area contributed by atoms with Crippen LogP contribution in [-0.2, 0) is 6.54 Å². The molecular formula is C17H16Cl2N4. The predicted octanol–water partition coefficient (Wildman–Crippen LogP) is 3.58. The highest BCUT2D eigenvalue weighted by Crippen LogP contribution is 2.30. The summed E-state index contributed by atoms with van der Waals surface area (Å²) in [7, 11) is 0. The van der Waals surface area contributed by atoms with Crippen LogP contribution < -0.4 is 4.90 Å². The average molecular weight is 347 g/mol. The summed E-state index contributed by atoms with van der Waals surface area (Å²) >= 11 is 12.2. The number of aromatic nitrogens is 1. The number of rotatable bonds is 3. The number of nitriles is 1. The molecule has 2 heterocycles. The van der Waals surface area contributed by atoms with Gasteiger partial charge in [0.05, 0.1) is 27.0 Å². The fraction of sp³-hybridized carbons (Fsp3) is 0.294. The molecule has 1 saturated heterocycles. The Balaban J connectivity index is 1.65. The summed E-state index contributed by atoms with van der Waals surface area (Å²) in [6, 6.07) is 11.5. The number of halogens is 2. The van der Waals surface area contributed by atoms with E-state index in [9.17, 15) is 5.26 Å². The van der Waals surface area contributed by atoms with Gasteiger partial charge in [0.25, 0.3) is 0 Å². The Labute approximate surface area is 145 Å². The zero-order valence-electron chi connectivity index (χ0n) is 12.5. The van der Waals surface area contributed by atoms with Crippen LogP contribution in [0.5, 0.6) is 0 Å². The van der Waals surface area contributed by atoms with Gasteiger partial charge in [-0.05, 0) is 24.3 Å². The summed E-state index contributed by atoms with van der Waals surface area (Å²) < 4.78 is 0. The Morgan fingerprint density at radius 1 is 1.09 bits per heavy atom. The molecular weight excluding hydrogens is 331 g/mol. The van der Waals surface area contributed by atoms with E-state index in [1.54, 1.807) is 6.20 Å². The number of hydrogen-bond donors (Lipinski definition) is 0. The number of nitrogens with zero attached hydrogens (tertiary/aromatic N) is 4. The van der Waals surface area contributed by atoms with E-state index < -0.39 is 0 Å². The molecule has 118 valence electrons. The smallest absolute Gasteiger partial charge is 0.101 e. The quantitative estimate of drug-likeness (QED) is 0.851. The van der Waals surface area contributed by atoms with Crippen molar-refractivity contribution in [1.29, 1.82) is 5.26 Å². The topological polar surface area (TPSA) is 43.2 Å². The highest BCUT2D eigenvalue weighted by molar-refractivity contribution is 6.33. The molecule has 0 N–H and O–H groups in total. The first-order chi connectivity index (χ1) is 11.2. The Morgan fingerprint density at radius 2 is 1.87 bits per heavy atom. The number of piperazine rings is 1. The highest BCUT2D eigenvalue weighted by atomic mass is 35.5. The monoisotopic (exact) mass is 346 g/mol. The van der Waals surface area contributed by atoms with Crippen LogP contribution in [0.1, 0.15) is 11.3 Å². The lowest BCUT2D eigenvalue weighted by Crippen LogP contribution is -2.46. The van der Waals surface area contributed by atoms with E-state index in [-0.39, 0.29) is 0 Å². The summed E-state index contributed by atoms with van der Waals surface area (Å²) in [6.45, 7) is 4.29. The Bertz CT molecular complexity index is 716. The normalized spacial score (nSPS) is 15.4. The Hall–Kier alpha value is -1.80. The van der Waals surface area contributed by atoms with Crippen molar-refractivity contribution in [3.8, 4) is 6.07 Å². The molecule has 1 aliphatic heterocycles. The van der Waals surface area contributed by atoms with Gasteiger partial charge in [0, 0.05) is 38.9 Å². The van der Waals surface area contributed by atoms with Crippen LogP contribution in [0, 0.1) is 11.3 Å². The van der Waals surface area contributed by atoms with E-state index in [0.29, 0.717) is 15.6 Å². The summed E-state index contributed by atoms with van der Waals surface area (Å²) in [5.74, 6) is 0. The van der Waals surface area contributed by atoms with Gasteiger partial charge in [-0.25, -0.2) is 0 Å². The van der Waals surface area contributed by atoms with Gasteiger partial charge in [-0.15, -0.1) is 0 Å². The number of anilines is 1. The molecule has 0 atom stereocenters. The zero-order chi connectivity index (χ0) is 16.2. The van der Waals surface area contributed by atoms with E-state index in [4.69, 9.17) is 23.2 Å². The lowest BCUT2D eigenvalue weighted by atomic mass is 10.1. The fourth-order valence-corrected chi connectivity index (χ4v) is 3.19. The molecule has 4 nitrogen and oxygen atoms in total. The van der Waals surface area contributed by atoms with E-state index in [0.717, 1.165) is 44.1 Å². The van der Waals surface area contributed by atoms with Gasteiger partial charge in [-0.3, -0.25) is 9.88 Å². The van der Waals surface area contributed by atoms with Crippen molar-refractivity contribution in [3.05, 3.63) is 57.8 Å². The van der Waals surface area contributed by atoms with Gasteiger partial charge >= 0.3 is 0 Å². The summed E-state index contributed by atoms with van der Waals surface area (Å²) in [6.07, 6.45) is 1.68. The molecule has 0 spiro atoms. The summed E-state index contributed by atoms with van der Waals surface area (Å²) in [5.41, 5.74) is 2.49. The van der Waals surface area contributed by atoms with Crippen LogP contribution in [0.25, 0.3) is 0 Å². The highest BCUT2D eigenvalue weighted by Gasteiger charge is 2.21. The van der Waals surface area contributed by atoms with Gasteiger partial charge in [0.2, 0.25) is 0 Å². The van der Waals surface area contributed by atoms with E-state index in [1.165, 1.54) is 0 Å². The molecule has 23 heavy (non-hydrogen) atoms. The van der Waals surface area contributed by atoms with Crippen molar-refractivity contribution < 1.29 is 0 Å². The third kappa shape index (κ3) is 3.76. The summed E-state index contributed by atoms with van der Waals surface area (Å²) in [5, 5.41) is 10.6. The van der Waals surface area contributed by atoms with Crippen LogP contribution >= 0.6 is 23.2 Å². The first-order valence-electron chi connectivity index (χ1n) is 7.44. The van der Waals surface area contributed by atoms with Gasteiger partial charge < -0.3 is 4.90 Å². The first kappa shape index (κ1) is 16.1. The van der Waals surface area contributed by atoms with Crippen molar-refractivity contribution in [1.82, 2.24) is 9.88 Å². The molecule has 0 unspecified atom stereocenters. The Kier molecular flexibility index (Phi) is 5.02. The summed E-state index contributed by atoms with van der Waals surface area (Å²) in [4.78, 5) is 8.87. The van der Waals surface area contributed by atoms with Crippen molar-refractivity contribution in [3.63, 3.8) is 0 Å². The largest absolute Gasteiger partial charge is 0.367 e. The standard InChI is InChI=1S/C17H16Cl2N4/c18-14-4-5-15(21-11-14)12-22-6-8-23(9-7-22)17-13(10-20)2-1-3-16(17)19/h1-5,11H,6-9,12H2. The third-order valence-electron chi connectivity index (χ3n) is 3.97. The lowest BCUT2D eigenvalue weighted by molar-refractivity contribution is 0.247. The molecule has 1 aliphatic rings. The van der Waals surface area contributed by atoms with Gasteiger partial charge in [0.15, 0.2) is 0 Å². The first-order valence-corrected chi connectivity index (χ1v) is 8.19. The molecule has 0 radical (unpaired) electrons. The number of hydrogen-bond acceptors (Lipinski definition) is 4.